The van der Waals surface area contributed by atoms with E-state index in [0.717, 1.165) is 29.1 Å². The van der Waals surface area contributed by atoms with Crippen molar-refractivity contribution in [2.24, 2.45) is 5.73 Å². The molecule has 1 aliphatic rings. The molecule has 0 aliphatic heterocycles. The lowest BCUT2D eigenvalue weighted by Crippen LogP contribution is -2.42. The summed E-state index contributed by atoms with van der Waals surface area (Å²) in [7, 11) is 0. The lowest BCUT2D eigenvalue weighted by molar-refractivity contribution is -0.122. The zero-order valence-corrected chi connectivity index (χ0v) is 18.0. The highest BCUT2D eigenvalue weighted by Gasteiger charge is 2.41. The van der Waals surface area contributed by atoms with Crippen LogP contribution in [-0.2, 0) is 16.8 Å². The first-order valence-electron chi connectivity index (χ1n) is 10.1. The van der Waals surface area contributed by atoms with Gasteiger partial charge in [-0.25, -0.2) is 9.37 Å². The van der Waals surface area contributed by atoms with E-state index in [4.69, 9.17) is 5.73 Å². The zero-order chi connectivity index (χ0) is 21.8. The molecular formula is C21H24FN7OS. The Bertz CT molecular complexity index is 1050. The molecule has 1 unspecified atom stereocenters. The molecule has 0 saturated heterocycles. The van der Waals surface area contributed by atoms with Gasteiger partial charge in [0.2, 0.25) is 5.91 Å². The van der Waals surface area contributed by atoms with E-state index in [0.29, 0.717) is 30.3 Å². The second-order valence-corrected chi connectivity index (χ2v) is 8.88. The minimum Gasteiger partial charge on any atom is -0.368 e. The van der Waals surface area contributed by atoms with Gasteiger partial charge in [-0.15, -0.1) is 21.5 Å². The molecule has 31 heavy (non-hydrogen) atoms. The van der Waals surface area contributed by atoms with Crippen molar-refractivity contribution < 1.29 is 9.18 Å². The standard InChI is InChI=1S/C21H24FN7OS/c1-13(23)19(30)25-10-14-11-26-20(31-14)16-5-6-17(29-28-16)27-12-21(7-3-8-21)18-15(22)4-2-9-24-18/h2,4-6,9,11,13H,3,7-8,10,12,23H2,1H3,(H,25,30)(H,27,29). The maximum atomic E-state index is 14.3. The molecule has 162 valence electrons. The zero-order valence-electron chi connectivity index (χ0n) is 17.1. The second kappa shape index (κ2) is 9.03. The van der Waals surface area contributed by atoms with Crippen molar-refractivity contribution in [3.8, 4) is 10.7 Å². The maximum Gasteiger partial charge on any atom is 0.236 e. The Morgan fingerprint density at radius 1 is 1.29 bits per heavy atom. The Hall–Kier alpha value is -2.98. The van der Waals surface area contributed by atoms with Gasteiger partial charge in [-0.3, -0.25) is 9.78 Å². The molecular weight excluding hydrogens is 417 g/mol. The molecule has 8 nitrogen and oxygen atoms in total. The van der Waals surface area contributed by atoms with E-state index in [9.17, 15) is 9.18 Å². The number of rotatable bonds is 8. The van der Waals surface area contributed by atoms with Crippen LogP contribution in [0, 0.1) is 5.82 Å². The largest absolute Gasteiger partial charge is 0.368 e. The van der Waals surface area contributed by atoms with Crippen molar-refractivity contribution >= 4 is 23.1 Å². The van der Waals surface area contributed by atoms with Crippen molar-refractivity contribution in [3.05, 3.63) is 53.0 Å². The van der Waals surface area contributed by atoms with E-state index in [1.807, 2.05) is 12.1 Å². The molecule has 3 heterocycles. The summed E-state index contributed by atoms with van der Waals surface area (Å²) < 4.78 is 14.3. The number of carbonyl (C=O) groups excluding carboxylic acids is 1. The van der Waals surface area contributed by atoms with Crippen LogP contribution in [0.5, 0.6) is 0 Å². The fourth-order valence-electron chi connectivity index (χ4n) is 3.52. The number of hydrogen-bond donors (Lipinski definition) is 3. The molecule has 10 heteroatoms. The Balaban J connectivity index is 1.38. The Labute approximate surface area is 183 Å². The topological polar surface area (TPSA) is 119 Å². The summed E-state index contributed by atoms with van der Waals surface area (Å²) in [6.07, 6.45) is 6.18. The molecule has 3 aromatic rings. The number of halogens is 1. The van der Waals surface area contributed by atoms with Gasteiger partial charge in [0.25, 0.3) is 0 Å². The minimum absolute atomic E-state index is 0.208. The van der Waals surface area contributed by atoms with Gasteiger partial charge in [0.15, 0.2) is 0 Å². The number of anilines is 1. The Kier molecular flexibility index (Phi) is 6.19. The lowest BCUT2D eigenvalue weighted by atomic mass is 9.66. The molecule has 0 aromatic carbocycles. The number of nitrogens with two attached hydrogens (primary N) is 1. The van der Waals surface area contributed by atoms with Crippen LogP contribution in [0.2, 0.25) is 0 Å². The highest BCUT2D eigenvalue weighted by atomic mass is 32.1. The van der Waals surface area contributed by atoms with E-state index in [-0.39, 0.29) is 17.1 Å². The minimum atomic E-state index is -0.549. The Morgan fingerprint density at radius 2 is 2.13 bits per heavy atom. The molecule has 3 aromatic heterocycles. The number of pyridine rings is 1. The van der Waals surface area contributed by atoms with E-state index >= 15 is 0 Å². The van der Waals surface area contributed by atoms with Gasteiger partial charge in [-0.2, -0.15) is 0 Å². The molecule has 1 amide bonds. The van der Waals surface area contributed by atoms with Crippen molar-refractivity contribution in [1.29, 1.82) is 0 Å². The number of amides is 1. The molecule has 1 aliphatic carbocycles. The predicted molar refractivity (Wildman–Crippen MR) is 117 cm³/mol. The first kappa shape index (κ1) is 21.3. The van der Waals surface area contributed by atoms with Crippen LogP contribution < -0.4 is 16.4 Å². The number of carbonyl (C=O) groups is 1. The van der Waals surface area contributed by atoms with Crippen molar-refractivity contribution in [3.63, 3.8) is 0 Å². The van der Waals surface area contributed by atoms with Crippen molar-refractivity contribution in [2.75, 3.05) is 11.9 Å². The number of aromatic nitrogens is 4. The smallest absolute Gasteiger partial charge is 0.236 e. The van der Waals surface area contributed by atoms with Gasteiger partial charge in [0, 0.05) is 29.2 Å². The van der Waals surface area contributed by atoms with Crippen molar-refractivity contribution in [1.82, 2.24) is 25.5 Å². The lowest BCUT2D eigenvalue weighted by Gasteiger charge is -2.41. The number of nitrogens with zero attached hydrogens (tertiary/aromatic N) is 4. The summed E-state index contributed by atoms with van der Waals surface area (Å²) in [6.45, 7) is 2.56. The monoisotopic (exact) mass is 441 g/mol. The predicted octanol–water partition coefficient (Wildman–Crippen LogP) is 2.63. The van der Waals surface area contributed by atoms with Crippen LogP contribution in [0.25, 0.3) is 10.7 Å². The third-order valence-corrected chi connectivity index (χ3v) is 6.49. The van der Waals surface area contributed by atoms with Crippen LogP contribution in [0.4, 0.5) is 10.2 Å². The quantitative estimate of drug-likeness (QED) is 0.492. The molecule has 1 atom stereocenters. The van der Waals surface area contributed by atoms with Gasteiger partial charge in [0.05, 0.1) is 18.3 Å². The molecule has 1 fully saturated rings. The van der Waals surface area contributed by atoms with Crippen LogP contribution in [0.1, 0.15) is 36.8 Å². The third-order valence-electron chi connectivity index (χ3n) is 5.47. The SMILES string of the molecule is CC(N)C(=O)NCc1cnc(-c2ccc(NCC3(c4ncccc4F)CCC3)nn2)s1. The van der Waals surface area contributed by atoms with Gasteiger partial charge in [-0.05, 0) is 44.0 Å². The van der Waals surface area contributed by atoms with Gasteiger partial charge >= 0.3 is 0 Å². The first-order valence-corrected chi connectivity index (χ1v) is 11.0. The second-order valence-electron chi connectivity index (χ2n) is 7.76. The van der Waals surface area contributed by atoms with E-state index in [2.05, 4.69) is 30.8 Å². The molecule has 4 N–H and O–H groups in total. The fourth-order valence-corrected chi connectivity index (χ4v) is 4.34. The van der Waals surface area contributed by atoms with Gasteiger partial charge < -0.3 is 16.4 Å². The normalized spacial score (nSPS) is 15.7. The van der Waals surface area contributed by atoms with Crippen molar-refractivity contribution in [2.45, 2.75) is 44.2 Å². The Morgan fingerprint density at radius 3 is 2.77 bits per heavy atom. The number of nitrogens with one attached hydrogen (secondary N) is 2. The number of thiazole rings is 1. The third kappa shape index (κ3) is 4.70. The van der Waals surface area contributed by atoms with Crippen LogP contribution >= 0.6 is 11.3 Å². The molecule has 1 saturated carbocycles. The number of hydrogen-bond acceptors (Lipinski definition) is 8. The van der Waals surface area contributed by atoms with E-state index < -0.39 is 6.04 Å². The van der Waals surface area contributed by atoms with Gasteiger partial charge in [0.1, 0.15) is 22.3 Å². The van der Waals surface area contributed by atoms with E-state index in [1.165, 1.54) is 17.4 Å². The maximum absolute atomic E-state index is 14.3. The summed E-state index contributed by atoms with van der Waals surface area (Å²) in [5.41, 5.74) is 6.41. The van der Waals surface area contributed by atoms with Crippen LogP contribution in [-0.4, -0.2) is 38.7 Å². The molecule has 0 spiro atoms. The molecule has 4 rings (SSSR count). The summed E-state index contributed by atoms with van der Waals surface area (Å²) >= 11 is 1.44. The van der Waals surface area contributed by atoms with Gasteiger partial charge in [-0.1, -0.05) is 6.42 Å². The average molecular weight is 442 g/mol. The summed E-state index contributed by atoms with van der Waals surface area (Å²) in [5, 5.41) is 15.3. The van der Waals surface area contributed by atoms with E-state index in [1.54, 1.807) is 25.4 Å². The summed E-state index contributed by atoms with van der Waals surface area (Å²) in [6, 6.07) is 6.20. The molecule has 0 radical (unpaired) electrons. The van der Waals surface area contributed by atoms with Crippen LogP contribution in [0.15, 0.2) is 36.7 Å². The molecule has 0 bridgehead atoms. The highest BCUT2D eigenvalue weighted by Crippen LogP contribution is 2.43. The fraction of sp³-hybridized carbons (Fsp3) is 0.381. The first-order chi connectivity index (χ1) is 15.0. The van der Waals surface area contributed by atoms with Crippen LogP contribution in [0.3, 0.4) is 0 Å². The summed E-state index contributed by atoms with van der Waals surface area (Å²) in [5.74, 6) is 0.148. The summed E-state index contributed by atoms with van der Waals surface area (Å²) in [4.78, 5) is 21.1. The average Bonchev–Trinajstić information content (AvgIpc) is 3.22. The highest BCUT2D eigenvalue weighted by molar-refractivity contribution is 7.15.